The van der Waals surface area contributed by atoms with Crippen LogP contribution < -0.4 is 14.8 Å². The first-order chi connectivity index (χ1) is 11.5. The van der Waals surface area contributed by atoms with Crippen LogP contribution in [-0.4, -0.2) is 76.5 Å². The van der Waals surface area contributed by atoms with Crippen LogP contribution in [0.15, 0.2) is 23.1 Å². The molecule has 0 spiro atoms. The van der Waals surface area contributed by atoms with Crippen molar-refractivity contribution in [1.29, 1.82) is 0 Å². The van der Waals surface area contributed by atoms with Gasteiger partial charge in [0.2, 0.25) is 15.9 Å². The molecule has 1 amide bonds. The smallest absolute Gasteiger partial charge is 0.243 e. The number of amides is 1. The lowest BCUT2D eigenvalue weighted by Gasteiger charge is -2.29. The Balaban J connectivity index is 1.73. The normalized spacial score (nSPS) is 17.8. The Morgan fingerprint density at radius 3 is 2.58 bits per heavy atom. The van der Waals surface area contributed by atoms with Gasteiger partial charge in [0, 0.05) is 39.3 Å². The predicted molar refractivity (Wildman–Crippen MR) is 86.7 cm³/mol. The third-order valence-electron chi connectivity index (χ3n) is 4.05. The molecule has 0 aliphatic carbocycles. The first-order valence-corrected chi connectivity index (χ1v) is 9.27. The van der Waals surface area contributed by atoms with E-state index in [2.05, 4.69) is 5.32 Å². The quantitative estimate of drug-likeness (QED) is 0.784. The van der Waals surface area contributed by atoms with Crippen LogP contribution in [0.1, 0.15) is 0 Å². The van der Waals surface area contributed by atoms with E-state index < -0.39 is 10.0 Å². The summed E-state index contributed by atoms with van der Waals surface area (Å²) in [4.78, 5) is 14.0. The number of carbonyl (C=O) groups excluding carboxylic acids is 1. The first-order valence-electron chi connectivity index (χ1n) is 7.83. The molecule has 1 N–H and O–H groups in total. The molecule has 2 aliphatic rings. The summed E-state index contributed by atoms with van der Waals surface area (Å²) in [5.74, 6) is 0.740. The van der Waals surface area contributed by atoms with Crippen LogP contribution in [0.2, 0.25) is 0 Å². The highest BCUT2D eigenvalue weighted by Gasteiger charge is 2.27. The number of likely N-dealkylation sites (N-methyl/N-ethyl adjacent to an activating group) is 1. The van der Waals surface area contributed by atoms with Gasteiger partial charge in [-0.25, -0.2) is 8.42 Å². The van der Waals surface area contributed by atoms with Gasteiger partial charge in [-0.15, -0.1) is 0 Å². The van der Waals surface area contributed by atoms with E-state index >= 15 is 0 Å². The maximum Gasteiger partial charge on any atom is 0.243 e. The highest BCUT2D eigenvalue weighted by molar-refractivity contribution is 7.89. The Labute approximate surface area is 141 Å². The van der Waals surface area contributed by atoms with Crippen molar-refractivity contribution >= 4 is 15.9 Å². The fraction of sp³-hybridized carbons (Fsp3) is 0.533. The summed E-state index contributed by atoms with van der Waals surface area (Å²) in [5, 5.41) is 3.16. The van der Waals surface area contributed by atoms with Gasteiger partial charge in [-0.05, 0) is 12.1 Å². The monoisotopic (exact) mass is 355 g/mol. The van der Waals surface area contributed by atoms with Gasteiger partial charge in [0.25, 0.3) is 0 Å². The standard InChI is InChI=1S/C15H21N3O5S/c1-17(11-15(19)18-6-4-16-5-7-18)24(20,21)12-2-3-13-14(10-12)23-9-8-22-13/h2-3,10,16H,4-9,11H2,1H3. The van der Waals surface area contributed by atoms with Gasteiger partial charge in [-0.1, -0.05) is 0 Å². The van der Waals surface area contributed by atoms with Crippen molar-refractivity contribution < 1.29 is 22.7 Å². The molecule has 8 nitrogen and oxygen atoms in total. The van der Waals surface area contributed by atoms with E-state index in [0.29, 0.717) is 37.8 Å². The maximum atomic E-state index is 12.7. The van der Waals surface area contributed by atoms with Gasteiger partial charge in [0.1, 0.15) is 13.2 Å². The molecule has 0 radical (unpaired) electrons. The Hall–Kier alpha value is -1.84. The zero-order chi connectivity index (χ0) is 17.2. The number of rotatable bonds is 4. The number of fused-ring (bicyclic) bond motifs is 1. The molecule has 2 heterocycles. The van der Waals surface area contributed by atoms with E-state index in [1.54, 1.807) is 11.0 Å². The van der Waals surface area contributed by atoms with Gasteiger partial charge in [-0.2, -0.15) is 4.31 Å². The number of ether oxygens (including phenoxy) is 2. The SMILES string of the molecule is CN(CC(=O)N1CCNCC1)S(=O)(=O)c1ccc2c(c1)OCCO2. The van der Waals surface area contributed by atoms with Gasteiger partial charge in [0.05, 0.1) is 11.4 Å². The Morgan fingerprint density at radius 1 is 1.21 bits per heavy atom. The topological polar surface area (TPSA) is 88.2 Å². The second kappa shape index (κ2) is 6.96. The molecule has 0 unspecified atom stereocenters. The molecule has 2 aliphatic heterocycles. The van der Waals surface area contributed by atoms with E-state index in [1.165, 1.54) is 19.2 Å². The predicted octanol–water partition coefficient (Wildman–Crippen LogP) is -0.490. The molecule has 1 aromatic carbocycles. The minimum absolute atomic E-state index is 0.0855. The van der Waals surface area contributed by atoms with Crippen molar-refractivity contribution in [2.45, 2.75) is 4.90 Å². The summed E-state index contributed by atoms with van der Waals surface area (Å²) >= 11 is 0. The molecule has 3 rings (SSSR count). The number of sulfonamides is 1. The van der Waals surface area contributed by atoms with E-state index in [4.69, 9.17) is 9.47 Å². The number of benzene rings is 1. The van der Waals surface area contributed by atoms with Gasteiger partial charge >= 0.3 is 0 Å². The van der Waals surface area contributed by atoms with Crippen LogP contribution in [0.25, 0.3) is 0 Å². The average molecular weight is 355 g/mol. The molecule has 132 valence electrons. The van der Waals surface area contributed by atoms with Gasteiger partial charge in [-0.3, -0.25) is 4.79 Å². The molecule has 24 heavy (non-hydrogen) atoms. The van der Waals surface area contributed by atoms with E-state index in [0.717, 1.165) is 17.4 Å². The van der Waals surface area contributed by atoms with Crippen LogP contribution in [0.5, 0.6) is 11.5 Å². The van der Waals surface area contributed by atoms with E-state index in [9.17, 15) is 13.2 Å². The minimum Gasteiger partial charge on any atom is -0.486 e. The lowest BCUT2D eigenvalue weighted by molar-refractivity contribution is -0.131. The molecule has 9 heteroatoms. The molecule has 1 aromatic rings. The lowest BCUT2D eigenvalue weighted by Crippen LogP contribution is -2.49. The van der Waals surface area contributed by atoms with Gasteiger partial charge in [0.15, 0.2) is 11.5 Å². The summed E-state index contributed by atoms with van der Waals surface area (Å²) in [5.41, 5.74) is 0. The van der Waals surface area contributed by atoms with Gasteiger partial charge < -0.3 is 19.7 Å². The number of piperazine rings is 1. The van der Waals surface area contributed by atoms with Crippen LogP contribution in [0.4, 0.5) is 0 Å². The minimum atomic E-state index is -3.77. The molecule has 0 bridgehead atoms. The van der Waals surface area contributed by atoms with Crippen LogP contribution >= 0.6 is 0 Å². The summed E-state index contributed by atoms with van der Waals surface area (Å²) < 4.78 is 37.3. The largest absolute Gasteiger partial charge is 0.486 e. The molecule has 1 fully saturated rings. The lowest BCUT2D eigenvalue weighted by atomic mass is 10.3. The van der Waals surface area contributed by atoms with Crippen molar-refractivity contribution in [2.24, 2.45) is 0 Å². The zero-order valence-corrected chi connectivity index (χ0v) is 14.3. The number of hydrogen-bond donors (Lipinski definition) is 1. The third-order valence-corrected chi connectivity index (χ3v) is 5.85. The van der Waals surface area contributed by atoms with Crippen molar-refractivity contribution in [1.82, 2.24) is 14.5 Å². The summed E-state index contributed by atoms with van der Waals surface area (Å²) in [6.07, 6.45) is 0. The summed E-state index contributed by atoms with van der Waals surface area (Å²) in [6.45, 7) is 3.28. The fourth-order valence-corrected chi connectivity index (χ4v) is 3.79. The fourth-order valence-electron chi connectivity index (χ4n) is 2.65. The van der Waals surface area contributed by atoms with Crippen molar-refractivity contribution in [3.63, 3.8) is 0 Å². The molecule has 0 saturated carbocycles. The molecular weight excluding hydrogens is 334 g/mol. The van der Waals surface area contributed by atoms with Crippen LogP contribution in [0, 0.1) is 0 Å². The summed E-state index contributed by atoms with van der Waals surface area (Å²) in [7, 11) is -2.36. The van der Waals surface area contributed by atoms with Crippen molar-refractivity contribution in [3.8, 4) is 11.5 Å². The molecule has 1 saturated heterocycles. The molecular formula is C15H21N3O5S. The average Bonchev–Trinajstić information content (AvgIpc) is 2.61. The highest BCUT2D eigenvalue weighted by atomic mass is 32.2. The highest BCUT2D eigenvalue weighted by Crippen LogP contribution is 2.32. The molecule has 0 atom stereocenters. The van der Waals surface area contributed by atoms with Crippen molar-refractivity contribution in [2.75, 3.05) is 53.0 Å². The zero-order valence-electron chi connectivity index (χ0n) is 13.5. The van der Waals surface area contributed by atoms with Crippen LogP contribution in [0.3, 0.4) is 0 Å². The first kappa shape index (κ1) is 17.0. The maximum absolute atomic E-state index is 12.7. The number of nitrogens with zero attached hydrogens (tertiary/aromatic N) is 2. The summed E-state index contributed by atoms with van der Waals surface area (Å²) in [6, 6.07) is 4.48. The third kappa shape index (κ3) is 3.47. The Morgan fingerprint density at radius 2 is 1.88 bits per heavy atom. The molecule has 0 aromatic heterocycles. The Bertz CT molecular complexity index is 716. The number of carbonyl (C=O) groups is 1. The van der Waals surface area contributed by atoms with E-state index in [-0.39, 0.29) is 17.3 Å². The van der Waals surface area contributed by atoms with Crippen LogP contribution in [-0.2, 0) is 14.8 Å². The van der Waals surface area contributed by atoms with Crippen molar-refractivity contribution in [3.05, 3.63) is 18.2 Å². The Kier molecular flexibility index (Phi) is 4.93. The second-order valence-corrected chi connectivity index (χ2v) is 7.74. The second-order valence-electron chi connectivity index (χ2n) is 5.70. The number of hydrogen-bond acceptors (Lipinski definition) is 6. The number of nitrogens with one attached hydrogen (secondary N) is 1. The van der Waals surface area contributed by atoms with E-state index in [1.807, 2.05) is 0 Å².